The van der Waals surface area contributed by atoms with E-state index in [1.165, 1.54) is 0 Å². The van der Waals surface area contributed by atoms with E-state index in [2.05, 4.69) is 33.6 Å². The van der Waals surface area contributed by atoms with Gasteiger partial charge < -0.3 is 19.6 Å². The molecule has 220 valence electrons. The number of halogens is 2. The topological polar surface area (TPSA) is 94.9 Å². The molecule has 0 radical (unpaired) electrons. The zero-order valence-corrected chi connectivity index (χ0v) is 25.4. The van der Waals surface area contributed by atoms with E-state index < -0.39 is 5.97 Å². The molecule has 9 nitrogen and oxygen atoms in total. The summed E-state index contributed by atoms with van der Waals surface area (Å²) in [6.45, 7) is 10.5. The maximum atomic E-state index is 11.1. The Labute approximate surface area is 252 Å². The normalized spacial score (nSPS) is 14.4. The predicted octanol–water partition coefficient (Wildman–Crippen LogP) is 6.10. The van der Waals surface area contributed by atoms with Crippen LogP contribution in [0.4, 0.5) is 5.95 Å². The highest BCUT2D eigenvalue weighted by Gasteiger charge is 2.22. The van der Waals surface area contributed by atoms with E-state index in [1.807, 2.05) is 36.2 Å². The second-order valence-corrected chi connectivity index (χ2v) is 11.3. The number of rotatable bonds is 13. The molecule has 1 aromatic carbocycles. The molecule has 0 atom stereocenters. The lowest BCUT2D eigenvalue weighted by Gasteiger charge is -2.31. The van der Waals surface area contributed by atoms with Gasteiger partial charge in [0.05, 0.1) is 18.1 Å². The van der Waals surface area contributed by atoms with Crippen molar-refractivity contribution in [2.45, 2.75) is 39.7 Å². The first-order chi connectivity index (χ1) is 19.7. The van der Waals surface area contributed by atoms with Gasteiger partial charge in [-0.25, -0.2) is 15.0 Å². The highest BCUT2D eigenvalue weighted by molar-refractivity contribution is 6.35. The van der Waals surface area contributed by atoms with Crippen LogP contribution in [-0.2, 0) is 11.3 Å². The number of likely N-dealkylation sites (N-methyl/N-ethyl adjacent to an activating group) is 2. The number of carboxylic acids is 1. The SMILES string of the molecule is CCN(CC)CCN(C)c1ncc(Oc2cc(CN3CCC(CC(=O)O)CC3)cc(-c3cc(Cl)cc(Cl)c3)n2)cn1. The van der Waals surface area contributed by atoms with Gasteiger partial charge in [0.15, 0.2) is 5.75 Å². The molecular weight excluding hydrogens is 563 g/mol. The van der Waals surface area contributed by atoms with Crippen LogP contribution in [0, 0.1) is 5.92 Å². The lowest BCUT2D eigenvalue weighted by atomic mass is 9.93. The monoisotopic (exact) mass is 600 g/mol. The molecule has 0 aliphatic carbocycles. The van der Waals surface area contributed by atoms with Crippen LogP contribution in [0.2, 0.25) is 10.0 Å². The third kappa shape index (κ3) is 9.26. The first kappa shape index (κ1) is 31.0. The molecule has 41 heavy (non-hydrogen) atoms. The van der Waals surface area contributed by atoms with Gasteiger partial charge in [0.1, 0.15) is 0 Å². The van der Waals surface area contributed by atoms with Crippen LogP contribution in [0.25, 0.3) is 11.3 Å². The van der Waals surface area contributed by atoms with Gasteiger partial charge in [0, 0.05) is 54.8 Å². The fourth-order valence-corrected chi connectivity index (χ4v) is 5.54. The van der Waals surface area contributed by atoms with E-state index in [1.54, 1.807) is 18.5 Å². The molecule has 3 aromatic rings. The number of nitrogens with zero attached hydrogens (tertiary/aromatic N) is 6. The molecule has 0 saturated carbocycles. The molecule has 11 heteroatoms. The Balaban J connectivity index is 1.51. The van der Waals surface area contributed by atoms with E-state index in [0.29, 0.717) is 39.9 Å². The Morgan fingerprint density at radius 2 is 1.68 bits per heavy atom. The second-order valence-electron chi connectivity index (χ2n) is 10.4. The summed E-state index contributed by atoms with van der Waals surface area (Å²) in [6.07, 6.45) is 5.28. The maximum Gasteiger partial charge on any atom is 0.303 e. The van der Waals surface area contributed by atoms with Crippen LogP contribution in [0.3, 0.4) is 0 Å². The maximum absolute atomic E-state index is 11.1. The summed E-state index contributed by atoms with van der Waals surface area (Å²) < 4.78 is 6.15. The van der Waals surface area contributed by atoms with E-state index in [4.69, 9.17) is 38.0 Å². The summed E-state index contributed by atoms with van der Waals surface area (Å²) in [4.78, 5) is 31.6. The number of aliphatic carboxylic acids is 1. The van der Waals surface area contributed by atoms with Crippen molar-refractivity contribution in [1.82, 2.24) is 24.8 Å². The molecule has 0 bridgehead atoms. The van der Waals surface area contributed by atoms with Gasteiger partial charge in [-0.1, -0.05) is 37.0 Å². The molecule has 1 aliphatic rings. The Morgan fingerprint density at radius 1 is 1.02 bits per heavy atom. The van der Waals surface area contributed by atoms with Gasteiger partial charge >= 0.3 is 5.97 Å². The number of piperidine rings is 1. The number of anilines is 1. The minimum absolute atomic E-state index is 0.225. The molecule has 2 aromatic heterocycles. The zero-order chi connectivity index (χ0) is 29.4. The quantitative estimate of drug-likeness (QED) is 0.249. The smallest absolute Gasteiger partial charge is 0.303 e. The number of benzene rings is 1. The molecular formula is C30H38Cl2N6O3. The molecule has 1 saturated heterocycles. The first-order valence-electron chi connectivity index (χ1n) is 14.1. The van der Waals surface area contributed by atoms with Crippen molar-refractivity contribution < 1.29 is 14.6 Å². The fraction of sp³-hybridized carbons (Fsp3) is 0.467. The summed E-state index contributed by atoms with van der Waals surface area (Å²) in [5.74, 6) is 1.03. The number of carbonyl (C=O) groups is 1. The molecule has 1 aliphatic heterocycles. The molecule has 0 unspecified atom stereocenters. The average Bonchev–Trinajstić information content (AvgIpc) is 2.94. The Kier molecular flexibility index (Phi) is 11.2. The highest BCUT2D eigenvalue weighted by atomic mass is 35.5. The second kappa shape index (κ2) is 14.8. The molecule has 4 rings (SSSR count). The lowest BCUT2D eigenvalue weighted by molar-refractivity contribution is -0.138. The number of hydrogen-bond acceptors (Lipinski definition) is 8. The summed E-state index contributed by atoms with van der Waals surface area (Å²) >= 11 is 12.6. The van der Waals surface area contributed by atoms with E-state index >= 15 is 0 Å². The minimum atomic E-state index is -0.729. The van der Waals surface area contributed by atoms with Crippen molar-refractivity contribution in [3.63, 3.8) is 0 Å². The number of hydrogen-bond donors (Lipinski definition) is 1. The van der Waals surface area contributed by atoms with Crippen molar-refractivity contribution in [2.24, 2.45) is 5.92 Å². The highest BCUT2D eigenvalue weighted by Crippen LogP contribution is 2.31. The van der Waals surface area contributed by atoms with E-state index in [9.17, 15) is 4.79 Å². The number of pyridine rings is 1. The number of likely N-dealkylation sites (tertiary alicyclic amines) is 1. The van der Waals surface area contributed by atoms with Gasteiger partial charge in [0.2, 0.25) is 11.8 Å². The predicted molar refractivity (Wildman–Crippen MR) is 163 cm³/mol. The summed E-state index contributed by atoms with van der Waals surface area (Å²) in [7, 11) is 1.98. The Hall–Kier alpha value is -2.98. The van der Waals surface area contributed by atoms with Crippen LogP contribution in [0.5, 0.6) is 11.6 Å². The van der Waals surface area contributed by atoms with Gasteiger partial charge in [-0.3, -0.25) is 9.69 Å². The zero-order valence-electron chi connectivity index (χ0n) is 23.9. The van der Waals surface area contributed by atoms with Crippen molar-refractivity contribution in [3.05, 3.63) is 58.3 Å². The molecule has 1 N–H and O–H groups in total. The standard InChI is InChI=1S/C30H38Cl2N6O3/c1-4-37(5-2)11-10-36(3)30-33-18-26(19-34-30)41-28-13-22(20-38-8-6-21(7-9-38)14-29(39)40)12-27(35-28)23-15-24(31)17-25(32)16-23/h12-13,15-19,21H,4-11,14,20H2,1-3H3,(H,39,40). The van der Waals surface area contributed by atoms with Crippen molar-refractivity contribution in [2.75, 3.05) is 51.2 Å². The largest absolute Gasteiger partial charge is 0.481 e. The summed E-state index contributed by atoms with van der Waals surface area (Å²) in [5.41, 5.74) is 2.50. The van der Waals surface area contributed by atoms with Crippen LogP contribution < -0.4 is 9.64 Å². The van der Waals surface area contributed by atoms with Crippen molar-refractivity contribution in [1.29, 1.82) is 0 Å². The average molecular weight is 602 g/mol. The van der Waals surface area contributed by atoms with Gasteiger partial charge in [0.25, 0.3) is 0 Å². The van der Waals surface area contributed by atoms with Crippen LogP contribution in [0.1, 0.15) is 38.7 Å². The molecule has 3 heterocycles. The minimum Gasteiger partial charge on any atom is -0.481 e. The van der Waals surface area contributed by atoms with E-state index in [-0.39, 0.29) is 12.3 Å². The number of aromatic nitrogens is 3. The Bertz CT molecular complexity index is 1280. The van der Waals surface area contributed by atoms with Gasteiger partial charge in [-0.05, 0) is 74.8 Å². The third-order valence-electron chi connectivity index (χ3n) is 7.42. The number of ether oxygens (including phenoxy) is 1. The Morgan fingerprint density at radius 3 is 2.29 bits per heavy atom. The molecule has 0 amide bonds. The van der Waals surface area contributed by atoms with Gasteiger partial charge in [-0.2, -0.15) is 0 Å². The van der Waals surface area contributed by atoms with Crippen LogP contribution >= 0.6 is 23.2 Å². The number of carboxylic acid groups (broad SMARTS) is 1. The van der Waals surface area contributed by atoms with Crippen LogP contribution in [0.15, 0.2) is 42.7 Å². The summed E-state index contributed by atoms with van der Waals surface area (Å²) in [6, 6.07) is 9.28. The van der Waals surface area contributed by atoms with Crippen molar-refractivity contribution >= 4 is 35.1 Å². The van der Waals surface area contributed by atoms with Crippen LogP contribution in [-0.4, -0.2) is 82.1 Å². The molecule has 0 spiro atoms. The van der Waals surface area contributed by atoms with Crippen molar-refractivity contribution in [3.8, 4) is 22.9 Å². The summed E-state index contributed by atoms with van der Waals surface area (Å²) in [5, 5.41) is 10.2. The van der Waals surface area contributed by atoms with Gasteiger partial charge in [-0.15, -0.1) is 0 Å². The third-order valence-corrected chi connectivity index (χ3v) is 7.86. The van der Waals surface area contributed by atoms with E-state index in [0.717, 1.165) is 63.2 Å². The lowest BCUT2D eigenvalue weighted by Crippen LogP contribution is -2.33. The molecule has 1 fully saturated rings. The first-order valence-corrected chi connectivity index (χ1v) is 14.8. The fourth-order valence-electron chi connectivity index (χ4n) is 5.02.